The number of carbonyl (C=O) groups excluding carboxylic acids is 2. The first-order valence-electron chi connectivity index (χ1n) is 9.24. The van der Waals surface area contributed by atoms with E-state index in [0.29, 0.717) is 10.6 Å². The summed E-state index contributed by atoms with van der Waals surface area (Å²) in [5.74, 6) is -0.554. The molecule has 0 atom stereocenters. The lowest BCUT2D eigenvalue weighted by atomic mass is 10.2. The molecule has 4 rings (SSSR count). The summed E-state index contributed by atoms with van der Waals surface area (Å²) in [5, 5.41) is 9.68. The van der Waals surface area contributed by atoms with Crippen molar-refractivity contribution >= 4 is 50.4 Å². The fourth-order valence-corrected chi connectivity index (χ4v) is 4.12. The summed E-state index contributed by atoms with van der Waals surface area (Å²) in [7, 11) is 1.72. The van der Waals surface area contributed by atoms with Crippen LogP contribution in [0.25, 0.3) is 10.1 Å². The van der Waals surface area contributed by atoms with E-state index in [1.807, 2.05) is 78.9 Å². The Balaban J connectivity index is 1.70. The van der Waals surface area contributed by atoms with E-state index < -0.39 is 5.91 Å². The van der Waals surface area contributed by atoms with Crippen LogP contribution in [0.2, 0.25) is 0 Å². The fourth-order valence-electron chi connectivity index (χ4n) is 3.19. The summed E-state index contributed by atoms with van der Waals surface area (Å²) in [5.41, 5.74) is 3.87. The lowest BCUT2D eigenvalue weighted by molar-refractivity contribution is 0.0711. The van der Waals surface area contributed by atoms with Gasteiger partial charge in [0.15, 0.2) is 0 Å². The van der Waals surface area contributed by atoms with E-state index >= 15 is 0 Å². The van der Waals surface area contributed by atoms with Gasteiger partial charge < -0.3 is 0 Å². The Morgan fingerprint density at radius 3 is 2.00 bits per heavy atom. The van der Waals surface area contributed by atoms with Gasteiger partial charge in [0.2, 0.25) is 0 Å². The Kier molecular flexibility index (Phi) is 5.47. The molecule has 0 aliphatic rings. The average molecular weight is 417 g/mol. The lowest BCUT2D eigenvalue weighted by Gasteiger charge is -2.28. The molecule has 150 valence electrons. The van der Waals surface area contributed by atoms with Gasteiger partial charge in [-0.1, -0.05) is 36.4 Å². The second-order valence-corrected chi connectivity index (χ2v) is 7.71. The summed E-state index contributed by atoms with van der Waals surface area (Å²) in [6.45, 7) is 0. The highest BCUT2D eigenvalue weighted by atomic mass is 32.1. The number of rotatable bonds is 4. The number of hydrogen-bond acceptors (Lipinski definition) is 4. The number of benzene rings is 3. The molecule has 0 unspecified atom stereocenters. The van der Waals surface area contributed by atoms with Crippen LogP contribution in [0.15, 0.2) is 84.9 Å². The summed E-state index contributed by atoms with van der Waals surface area (Å²) in [4.78, 5) is 28.8. The van der Waals surface area contributed by atoms with Gasteiger partial charge in [0.05, 0.1) is 16.3 Å². The quantitative estimate of drug-likeness (QED) is 0.344. The third-order valence-corrected chi connectivity index (χ3v) is 5.83. The first-order chi connectivity index (χ1) is 14.6. The van der Waals surface area contributed by atoms with Crippen LogP contribution in [-0.2, 0) is 0 Å². The maximum absolute atomic E-state index is 13.5. The molecule has 30 heavy (non-hydrogen) atoms. The van der Waals surface area contributed by atoms with E-state index in [1.165, 1.54) is 11.3 Å². The minimum Gasteiger partial charge on any atom is -0.297 e. The molecule has 0 spiro atoms. The highest BCUT2D eigenvalue weighted by molar-refractivity contribution is 7.20. The molecule has 0 aliphatic carbocycles. The molecular formula is C23H19N3O3S. The van der Waals surface area contributed by atoms with E-state index in [-0.39, 0.29) is 6.03 Å². The first-order valence-corrected chi connectivity index (χ1v) is 10.1. The Morgan fingerprint density at radius 2 is 1.43 bits per heavy atom. The molecule has 7 heteroatoms. The number of nitrogens with one attached hydrogen (secondary N) is 1. The molecule has 3 amide bonds. The molecular weight excluding hydrogens is 398 g/mol. The number of thiophene rings is 1. The third kappa shape index (κ3) is 3.76. The second-order valence-electron chi connectivity index (χ2n) is 6.62. The van der Waals surface area contributed by atoms with E-state index in [9.17, 15) is 9.59 Å². The third-order valence-electron chi connectivity index (χ3n) is 4.72. The van der Waals surface area contributed by atoms with Gasteiger partial charge in [-0.25, -0.2) is 10.3 Å². The number of urea groups is 1. The van der Waals surface area contributed by atoms with Crippen molar-refractivity contribution in [3.05, 3.63) is 89.8 Å². The van der Waals surface area contributed by atoms with Crippen molar-refractivity contribution in [3.8, 4) is 0 Å². The maximum atomic E-state index is 13.5. The summed E-state index contributed by atoms with van der Waals surface area (Å²) < 4.78 is 0.890. The molecule has 0 saturated carbocycles. The summed E-state index contributed by atoms with van der Waals surface area (Å²) in [6, 6.07) is 26.0. The van der Waals surface area contributed by atoms with Gasteiger partial charge in [0.1, 0.15) is 0 Å². The second kappa shape index (κ2) is 8.36. The molecule has 0 aliphatic heterocycles. The lowest BCUT2D eigenvalue weighted by Crippen LogP contribution is -2.38. The van der Waals surface area contributed by atoms with E-state index in [1.54, 1.807) is 28.4 Å². The largest absolute Gasteiger partial charge is 0.333 e. The number of hydroxylamine groups is 1. The van der Waals surface area contributed by atoms with Crippen LogP contribution >= 0.6 is 11.3 Å². The van der Waals surface area contributed by atoms with E-state index in [4.69, 9.17) is 5.21 Å². The minimum absolute atomic E-state index is 0.213. The van der Waals surface area contributed by atoms with E-state index in [0.717, 1.165) is 21.5 Å². The monoisotopic (exact) mass is 417 g/mol. The van der Waals surface area contributed by atoms with Crippen LogP contribution in [0.3, 0.4) is 0 Å². The van der Waals surface area contributed by atoms with Gasteiger partial charge >= 0.3 is 6.03 Å². The molecule has 1 heterocycles. The minimum atomic E-state index is -0.554. The van der Waals surface area contributed by atoms with Crippen molar-refractivity contribution in [1.82, 2.24) is 5.48 Å². The standard InChI is InChI=1S/C23H19N3O3S/c1-25(19-12-13-20-16(14-19)15-21(30-20)22(27)24-29)23(28)26(17-8-4-2-5-9-17)18-10-6-3-7-11-18/h2-15,29H,1H3,(H,24,27). The number of carbonyl (C=O) groups is 2. The Hall–Kier alpha value is -3.68. The first kappa shape index (κ1) is 19.6. The number of fused-ring (bicyclic) bond motifs is 1. The molecule has 6 nitrogen and oxygen atoms in total. The van der Waals surface area contributed by atoms with Crippen LogP contribution in [-0.4, -0.2) is 24.2 Å². The summed E-state index contributed by atoms with van der Waals surface area (Å²) >= 11 is 1.27. The molecule has 0 fully saturated rings. The smallest absolute Gasteiger partial charge is 0.297 e. The van der Waals surface area contributed by atoms with Crippen molar-refractivity contribution in [2.24, 2.45) is 0 Å². The molecule has 2 N–H and O–H groups in total. The van der Waals surface area contributed by atoms with Gasteiger partial charge in [-0.3, -0.25) is 19.8 Å². The van der Waals surface area contributed by atoms with Crippen molar-refractivity contribution < 1.29 is 14.8 Å². The Morgan fingerprint density at radius 1 is 0.833 bits per heavy atom. The zero-order valence-corrected chi connectivity index (χ0v) is 17.0. The van der Waals surface area contributed by atoms with Gasteiger partial charge in [-0.05, 0) is 53.9 Å². The number of para-hydroxylation sites is 2. The number of anilines is 3. The van der Waals surface area contributed by atoms with Crippen LogP contribution in [0.1, 0.15) is 9.67 Å². The van der Waals surface area contributed by atoms with Gasteiger partial charge in [-0.15, -0.1) is 11.3 Å². The molecule has 1 aromatic heterocycles. The van der Waals surface area contributed by atoms with Crippen LogP contribution in [0.5, 0.6) is 0 Å². The maximum Gasteiger partial charge on any atom is 0.333 e. The topological polar surface area (TPSA) is 72.9 Å². The summed E-state index contributed by atoms with van der Waals surface area (Å²) in [6.07, 6.45) is 0. The zero-order valence-electron chi connectivity index (χ0n) is 16.1. The SMILES string of the molecule is CN(C(=O)N(c1ccccc1)c1ccccc1)c1ccc2sc(C(=O)NO)cc2c1. The highest BCUT2D eigenvalue weighted by Crippen LogP contribution is 2.31. The number of hydrogen-bond donors (Lipinski definition) is 2. The van der Waals surface area contributed by atoms with Crippen molar-refractivity contribution in [3.63, 3.8) is 0 Å². The van der Waals surface area contributed by atoms with Crippen LogP contribution in [0.4, 0.5) is 21.9 Å². The van der Waals surface area contributed by atoms with Crippen LogP contribution < -0.4 is 15.3 Å². The van der Waals surface area contributed by atoms with Gasteiger partial charge in [0, 0.05) is 17.4 Å². The predicted octanol–water partition coefficient (Wildman–Crippen LogP) is 5.41. The van der Waals surface area contributed by atoms with Crippen LogP contribution in [0, 0.1) is 0 Å². The molecule has 0 radical (unpaired) electrons. The Labute approximate surface area is 177 Å². The number of amides is 3. The zero-order chi connectivity index (χ0) is 21.1. The molecule has 3 aromatic carbocycles. The normalized spacial score (nSPS) is 10.6. The highest BCUT2D eigenvalue weighted by Gasteiger charge is 2.23. The fraction of sp³-hybridized carbons (Fsp3) is 0.0435. The van der Waals surface area contributed by atoms with Crippen molar-refractivity contribution in [1.29, 1.82) is 0 Å². The number of nitrogens with zero attached hydrogens (tertiary/aromatic N) is 2. The molecule has 0 saturated heterocycles. The van der Waals surface area contributed by atoms with Gasteiger partial charge in [0.25, 0.3) is 5.91 Å². The Bertz CT molecular complexity index is 1150. The van der Waals surface area contributed by atoms with Gasteiger partial charge in [-0.2, -0.15) is 0 Å². The molecule has 0 bridgehead atoms. The van der Waals surface area contributed by atoms with Crippen molar-refractivity contribution in [2.45, 2.75) is 0 Å². The molecule has 4 aromatic rings. The predicted molar refractivity (Wildman–Crippen MR) is 120 cm³/mol. The van der Waals surface area contributed by atoms with Crippen molar-refractivity contribution in [2.75, 3.05) is 16.8 Å². The average Bonchev–Trinajstić information content (AvgIpc) is 3.23. The van der Waals surface area contributed by atoms with E-state index in [2.05, 4.69) is 0 Å².